The zero-order chi connectivity index (χ0) is 15.6. The zero-order valence-electron chi connectivity index (χ0n) is 11.0. The highest BCUT2D eigenvalue weighted by Crippen LogP contribution is 2.32. The van der Waals surface area contributed by atoms with Gasteiger partial charge in [-0.25, -0.2) is 0 Å². The SMILES string of the molecule is CC(N)c1ccc(Oc2cc(Br)cc([N+](=O)[O-])c2)cc1Cl. The van der Waals surface area contributed by atoms with E-state index in [9.17, 15) is 10.1 Å². The van der Waals surface area contributed by atoms with Gasteiger partial charge in [-0.1, -0.05) is 33.6 Å². The highest BCUT2D eigenvalue weighted by atomic mass is 79.9. The number of benzene rings is 2. The quantitative estimate of drug-likeness (QED) is 0.617. The number of ether oxygens (including phenoxy) is 1. The van der Waals surface area contributed by atoms with Crippen molar-refractivity contribution in [1.82, 2.24) is 0 Å². The van der Waals surface area contributed by atoms with Gasteiger partial charge in [0, 0.05) is 21.6 Å². The van der Waals surface area contributed by atoms with E-state index in [1.807, 2.05) is 6.92 Å². The summed E-state index contributed by atoms with van der Waals surface area (Å²) in [7, 11) is 0. The summed E-state index contributed by atoms with van der Waals surface area (Å²) in [6, 6.07) is 9.33. The third kappa shape index (κ3) is 3.93. The first-order valence-corrected chi connectivity index (χ1v) is 7.22. The molecule has 2 aromatic carbocycles. The molecule has 2 N–H and O–H groups in total. The van der Waals surface area contributed by atoms with E-state index in [0.717, 1.165) is 5.56 Å². The van der Waals surface area contributed by atoms with Crippen LogP contribution in [0, 0.1) is 10.1 Å². The van der Waals surface area contributed by atoms with Crippen molar-refractivity contribution >= 4 is 33.2 Å². The first-order chi connectivity index (χ1) is 9.86. The number of nitro benzene ring substituents is 1. The molecule has 0 aromatic heterocycles. The highest BCUT2D eigenvalue weighted by Gasteiger charge is 2.11. The Balaban J connectivity index is 2.30. The van der Waals surface area contributed by atoms with Crippen molar-refractivity contribution in [2.75, 3.05) is 0 Å². The molecule has 0 heterocycles. The maximum absolute atomic E-state index is 10.8. The first-order valence-electron chi connectivity index (χ1n) is 6.04. The molecule has 1 unspecified atom stereocenters. The number of halogens is 2. The first kappa shape index (κ1) is 15.8. The molecule has 21 heavy (non-hydrogen) atoms. The Bertz CT molecular complexity index is 692. The lowest BCUT2D eigenvalue weighted by molar-refractivity contribution is -0.385. The molecule has 7 heteroatoms. The molecule has 0 aliphatic carbocycles. The van der Waals surface area contributed by atoms with Crippen LogP contribution in [0.2, 0.25) is 5.02 Å². The molecule has 2 aromatic rings. The predicted octanol–water partition coefficient (Wildman–Crippen LogP) is 4.82. The summed E-state index contributed by atoms with van der Waals surface area (Å²) >= 11 is 9.34. The minimum Gasteiger partial charge on any atom is -0.457 e. The van der Waals surface area contributed by atoms with Gasteiger partial charge in [0.15, 0.2) is 0 Å². The molecule has 0 bridgehead atoms. The standard InChI is InChI=1S/C14H12BrClN2O3/c1-8(17)13-3-2-11(7-14(13)16)21-12-5-9(15)4-10(6-12)18(19)20/h2-8H,17H2,1H3. The molecule has 2 rings (SSSR count). The largest absolute Gasteiger partial charge is 0.457 e. The predicted molar refractivity (Wildman–Crippen MR) is 84.9 cm³/mol. The molecule has 1 atom stereocenters. The van der Waals surface area contributed by atoms with E-state index in [-0.39, 0.29) is 11.7 Å². The van der Waals surface area contributed by atoms with Crippen LogP contribution < -0.4 is 10.5 Å². The van der Waals surface area contributed by atoms with Gasteiger partial charge in [-0.05, 0) is 30.7 Å². The number of hydrogen-bond acceptors (Lipinski definition) is 4. The Labute approximate surface area is 134 Å². The van der Waals surface area contributed by atoms with Gasteiger partial charge in [0.05, 0.1) is 11.0 Å². The maximum Gasteiger partial charge on any atom is 0.274 e. The second-order valence-corrected chi connectivity index (χ2v) is 5.80. The van der Waals surface area contributed by atoms with E-state index in [1.54, 1.807) is 24.3 Å². The summed E-state index contributed by atoms with van der Waals surface area (Å²) in [5, 5.41) is 11.3. The van der Waals surface area contributed by atoms with Gasteiger partial charge in [0.1, 0.15) is 11.5 Å². The molecular formula is C14H12BrClN2O3. The van der Waals surface area contributed by atoms with Crippen molar-refractivity contribution in [3.05, 3.63) is 61.6 Å². The van der Waals surface area contributed by atoms with Crippen LogP contribution in [0.25, 0.3) is 0 Å². The number of nitro groups is 1. The Kier molecular flexibility index (Phi) is 4.82. The van der Waals surface area contributed by atoms with Crippen LogP contribution >= 0.6 is 27.5 Å². The highest BCUT2D eigenvalue weighted by molar-refractivity contribution is 9.10. The van der Waals surface area contributed by atoms with E-state index < -0.39 is 4.92 Å². The van der Waals surface area contributed by atoms with Gasteiger partial charge < -0.3 is 10.5 Å². The zero-order valence-corrected chi connectivity index (χ0v) is 13.4. The summed E-state index contributed by atoms with van der Waals surface area (Å²) in [4.78, 5) is 10.3. The molecule has 0 aliphatic rings. The van der Waals surface area contributed by atoms with E-state index in [4.69, 9.17) is 22.1 Å². The van der Waals surface area contributed by atoms with Crippen LogP contribution in [0.4, 0.5) is 5.69 Å². The van der Waals surface area contributed by atoms with Crippen molar-refractivity contribution < 1.29 is 9.66 Å². The van der Waals surface area contributed by atoms with Gasteiger partial charge in [-0.3, -0.25) is 10.1 Å². The molecule has 0 saturated heterocycles. The van der Waals surface area contributed by atoms with Gasteiger partial charge in [-0.15, -0.1) is 0 Å². The average Bonchev–Trinajstić information content (AvgIpc) is 2.37. The number of hydrogen-bond donors (Lipinski definition) is 1. The fourth-order valence-electron chi connectivity index (χ4n) is 1.79. The van der Waals surface area contributed by atoms with Crippen LogP contribution in [0.15, 0.2) is 40.9 Å². The van der Waals surface area contributed by atoms with E-state index >= 15 is 0 Å². The van der Waals surface area contributed by atoms with Crippen molar-refractivity contribution in [3.8, 4) is 11.5 Å². The topological polar surface area (TPSA) is 78.4 Å². The third-order valence-corrected chi connectivity index (χ3v) is 3.55. The number of non-ortho nitro benzene ring substituents is 1. The summed E-state index contributed by atoms with van der Waals surface area (Å²) in [5.74, 6) is 0.831. The summed E-state index contributed by atoms with van der Waals surface area (Å²) < 4.78 is 6.17. The monoisotopic (exact) mass is 370 g/mol. The van der Waals surface area contributed by atoms with E-state index in [1.165, 1.54) is 12.1 Å². The fourth-order valence-corrected chi connectivity index (χ4v) is 2.59. The minimum atomic E-state index is -0.482. The van der Waals surface area contributed by atoms with Crippen molar-refractivity contribution in [2.45, 2.75) is 13.0 Å². The van der Waals surface area contributed by atoms with Crippen LogP contribution in [0.3, 0.4) is 0 Å². The molecule has 0 aliphatic heterocycles. The Morgan fingerprint density at radius 3 is 2.57 bits per heavy atom. The molecule has 5 nitrogen and oxygen atoms in total. The van der Waals surface area contributed by atoms with Crippen LogP contribution in [-0.4, -0.2) is 4.92 Å². The lowest BCUT2D eigenvalue weighted by Crippen LogP contribution is -2.05. The van der Waals surface area contributed by atoms with Crippen LogP contribution in [0.1, 0.15) is 18.5 Å². The number of nitrogens with two attached hydrogens (primary N) is 1. The summed E-state index contributed by atoms with van der Waals surface area (Å²) in [6.45, 7) is 1.83. The molecule has 0 saturated carbocycles. The Hall–Kier alpha value is -1.63. The van der Waals surface area contributed by atoms with Crippen molar-refractivity contribution in [1.29, 1.82) is 0 Å². The normalized spacial score (nSPS) is 12.0. The number of rotatable bonds is 4. The van der Waals surface area contributed by atoms with Crippen molar-refractivity contribution in [2.24, 2.45) is 5.73 Å². The van der Waals surface area contributed by atoms with E-state index in [0.29, 0.717) is 21.0 Å². The van der Waals surface area contributed by atoms with Gasteiger partial charge >= 0.3 is 0 Å². The number of nitrogens with zero attached hydrogens (tertiary/aromatic N) is 1. The molecule has 0 fully saturated rings. The van der Waals surface area contributed by atoms with Gasteiger partial charge in [0.25, 0.3) is 5.69 Å². The average molecular weight is 372 g/mol. The Morgan fingerprint density at radius 1 is 1.29 bits per heavy atom. The third-order valence-electron chi connectivity index (χ3n) is 2.77. The Morgan fingerprint density at radius 2 is 2.00 bits per heavy atom. The fraction of sp³-hybridized carbons (Fsp3) is 0.143. The minimum absolute atomic E-state index is 0.0577. The lowest BCUT2D eigenvalue weighted by atomic mass is 10.1. The molecule has 0 radical (unpaired) electrons. The van der Waals surface area contributed by atoms with Gasteiger partial charge in [0.2, 0.25) is 0 Å². The summed E-state index contributed by atoms with van der Waals surface area (Å²) in [6.07, 6.45) is 0. The maximum atomic E-state index is 10.8. The smallest absolute Gasteiger partial charge is 0.274 e. The van der Waals surface area contributed by atoms with E-state index in [2.05, 4.69) is 15.9 Å². The molecule has 110 valence electrons. The van der Waals surface area contributed by atoms with Gasteiger partial charge in [-0.2, -0.15) is 0 Å². The second kappa shape index (κ2) is 6.43. The molecule has 0 spiro atoms. The van der Waals surface area contributed by atoms with Crippen LogP contribution in [0.5, 0.6) is 11.5 Å². The lowest BCUT2D eigenvalue weighted by Gasteiger charge is -2.11. The van der Waals surface area contributed by atoms with Crippen molar-refractivity contribution in [3.63, 3.8) is 0 Å². The van der Waals surface area contributed by atoms with Crippen LogP contribution in [-0.2, 0) is 0 Å². The second-order valence-electron chi connectivity index (χ2n) is 4.48. The summed E-state index contributed by atoms with van der Waals surface area (Å²) in [5.41, 5.74) is 6.54. The molecule has 0 amide bonds. The molecular weight excluding hydrogens is 360 g/mol.